The fraction of sp³-hybridized carbons (Fsp3) is 0. The van der Waals surface area contributed by atoms with E-state index < -0.39 is 11.9 Å². The third-order valence-corrected chi connectivity index (χ3v) is 0.933. The van der Waals surface area contributed by atoms with Gasteiger partial charge in [-0.3, -0.25) is 10.1 Å². The zero-order valence-corrected chi connectivity index (χ0v) is 5.89. The molecular formula is C5H5N5O2. The van der Waals surface area contributed by atoms with E-state index in [2.05, 4.69) is 20.7 Å². The van der Waals surface area contributed by atoms with E-state index >= 15 is 0 Å². The van der Waals surface area contributed by atoms with E-state index in [0.717, 1.165) is 12.7 Å². The van der Waals surface area contributed by atoms with Crippen LogP contribution in [0.4, 0.5) is 4.79 Å². The molecule has 0 atom stereocenters. The summed E-state index contributed by atoms with van der Waals surface area (Å²) in [6, 6.07) is -0.944. The molecule has 0 radical (unpaired) electrons. The van der Waals surface area contributed by atoms with Crippen LogP contribution in [0, 0.1) is 0 Å². The minimum absolute atomic E-state index is 0.149. The topological polar surface area (TPSA) is 111 Å². The third kappa shape index (κ3) is 1.97. The van der Waals surface area contributed by atoms with Crippen molar-refractivity contribution in [3.05, 3.63) is 18.5 Å². The van der Waals surface area contributed by atoms with Crippen LogP contribution in [0.15, 0.2) is 12.7 Å². The lowest BCUT2D eigenvalue weighted by Gasteiger charge is -1.96. The van der Waals surface area contributed by atoms with Gasteiger partial charge < -0.3 is 5.73 Å². The summed E-state index contributed by atoms with van der Waals surface area (Å²) in [5.74, 6) is -0.895. The van der Waals surface area contributed by atoms with Gasteiger partial charge in [0.2, 0.25) is 5.82 Å². The number of imide groups is 1. The van der Waals surface area contributed by atoms with Crippen LogP contribution >= 0.6 is 0 Å². The van der Waals surface area contributed by atoms with Crippen molar-refractivity contribution in [3.8, 4) is 0 Å². The Morgan fingerprint density at radius 3 is 2.42 bits per heavy atom. The van der Waals surface area contributed by atoms with Crippen LogP contribution in [0.2, 0.25) is 0 Å². The second kappa shape index (κ2) is 3.37. The zero-order valence-electron chi connectivity index (χ0n) is 5.89. The first-order valence-corrected chi connectivity index (χ1v) is 2.93. The number of aromatic nitrogens is 3. The molecule has 7 heteroatoms. The first kappa shape index (κ1) is 8.05. The maximum atomic E-state index is 10.9. The van der Waals surface area contributed by atoms with E-state index in [1.165, 1.54) is 0 Å². The molecule has 0 bridgehead atoms. The third-order valence-electron chi connectivity index (χ3n) is 0.933. The number of nitrogens with two attached hydrogens (primary N) is 1. The molecule has 0 aliphatic rings. The number of hydrogen-bond donors (Lipinski definition) is 2. The predicted molar refractivity (Wildman–Crippen MR) is 36.9 cm³/mol. The Balaban J connectivity index is 2.73. The molecule has 0 saturated carbocycles. The van der Waals surface area contributed by atoms with Crippen LogP contribution in [0.1, 0.15) is 10.6 Å². The first-order chi connectivity index (χ1) is 5.70. The largest absolute Gasteiger partial charge is 0.351 e. The van der Waals surface area contributed by atoms with Gasteiger partial charge in [0.05, 0.1) is 0 Å². The van der Waals surface area contributed by atoms with Crippen LogP contribution in [-0.4, -0.2) is 26.9 Å². The molecule has 7 nitrogen and oxygen atoms in total. The summed E-state index contributed by atoms with van der Waals surface area (Å²) in [5.41, 5.74) is 4.69. The van der Waals surface area contributed by atoms with Gasteiger partial charge in [-0.1, -0.05) is 0 Å². The number of rotatable bonds is 1. The molecule has 0 saturated heterocycles. The Morgan fingerprint density at radius 1 is 1.33 bits per heavy atom. The molecule has 0 aliphatic carbocycles. The Bertz CT molecular complexity index is 298. The predicted octanol–water partition coefficient (Wildman–Crippen LogP) is -1.32. The minimum atomic E-state index is -0.944. The van der Waals surface area contributed by atoms with E-state index in [4.69, 9.17) is 0 Å². The van der Waals surface area contributed by atoms with Gasteiger partial charge >= 0.3 is 6.03 Å². The minimum Gasteiger partial charge on any atom is -0.351 e. The summed E-state index contributed by atoms with van der Waals surface area (Å²) in [6.45, 7) is 0. The van der Waals surface area contributed by atoms with Gasteiger partial charge in [-0.15, -0.1) is 0 Å². The highest BCUT2D eigenvalue weighted by Crippen LogP contribution is 1.83. The molecule has 1 aromatic rings. The molecule has 62 valence electrons. The molecule has 1 aromatic heterocycles. The average Bonchev–Trinajstić information content (AvgIpc) is 2.05. The van der Waals surface area contributed by atoms with Crippen molar-refractivity contribution >= 4 is 11.9 Å². The molecular weight excluding hydrogens is 162 g/mol. The summed E-state index contributed by atoms with van der Waals surface area (Å²) < 4.78 is 0. The summed E-state index contributed by atoms with van der Waals surface area (Å²) in [6.07, 6.45) is 2.28. The Hall–Kier alpha value is -2.05. The number of carbonyl (C=O) groups is 2. The van der Waals surface area contributed by atoms with Gasteiger partial charge in [0.25, 0.3) is 5.91 Å². The fourth-order valence-corrected chi connectivity index (χ4v) is 0.524. The van der Waals surface area contributed by atoms with Crippen LogP contribution in [0.5, 0.6) is 0 Å². The van der Waals surface area contributed by atoms with Crippen molar-refractivity contribution in [2.45, 2.75) is 0 Å². The normalized spacial score (nSPS) is 9.00. The second-order valence-corrected chi connectivity index (χ2v) is 1.78. The number of urea groups is 1. The van der Waals surface area contributed by atoms with Gasteiger partial charge in [0.15, 0.2) is 0 Å². The quantitative estimate of drug-likeness (QED) is 0.538. The highest BCUT2D eigenvalue weighted by atomic mass is 16.2. The molecule has 0 spiro atoms. The van der Waals surface area contributed by atoms with Crippen molar-refractivity contribution in [1.29, 1.82) is 0 Å². The standard InChI is InChI=1S/C5H5N5O2/c6-5(12)10-4(11)3-8-1-7-2-9-3/h1-2H,(H3,6,10,11,12). The summed E-state index contributed by atoms with van der Waals surface area (Å²) in [4.78, 5) is 31.6. The highest BCUT2D eigenvalue weighted by Gasteiger charge is 2.09. The lowest BCUT2D eigenvalue weighted by molar-refractivity contribution is 0.0955. The number of carbonyl (C=O) groups excluding carboxylic acids is 2. The van der Waals surface area contributed by atoms with E-state index in [1.807, 2.05) is 0 Å². The highest BCUT2D eigenvalue weighted by molar-refractivity contribution is 6.01. The molecule has 0 aromatic carbocycles. The monoisotopic (exact) mass is 167 g/mol. The van der Waals surface area contributed by atoms with Crippen LogP contribution in [0.3, 0.4) is 0 Å². The summed E-state index contributed by atoms with van der Waals surface area (Å²) >= 11 is 0. The number of nitrogens with one attached hydrogen (secondary N) is 1. The van der Waals surface area contributed by atoms with E-state index in [1.54, 1.807) is 5.32 Å². The maximum Gasteiger partial charge on any atom is 0.319 e. The van der Waals surface area contributed by atoms with Gasteiger partial charge in [-0.2, -0.15) is 0 Å². The number of amides is 3. The van der Waals surface area contributed by atoms with Crippen LogP contribution < -0.4 is 11.1 Å². The van der Waals surface area contributed by atoms with Crippen molar-refractivity contribution in [2.24, 2.45) is 5.73 Å². The van der Waals surface area contributed by atoms with Crippen LogP contribution in [0.25, 0.3) is 0 Å². The maximum absolute atomic E-state index is 10.9. The van der Waals surface area contributed by atoms with Gasteiger partial charge in [-0.05, 0) is 0 Å². The number of nitrogens with zero attached hydrogens (tertiary/aromatic N) is 3. The Labute approximate surface area is 67.0 Å². The zero-order chi connectivity index (χ0) is 8.97. The molecule has 1 heterocycles. The first-order valence-electron chi connectivity index (χ1n) is 2.93. The summed E-state index contributed by atoms with van der Waals surface area (Å²) in [7, 11) is 0. The smallest absolute Gasteiger partial charge is 0.319 e. The van der Waals surface area contributed by atoms with E-state index in [0.29, 0.717) is 0 Å². The second-order valence-electron chi connectivity index (χ2n) is 1.78. The van der Waals surface area contributed by atoms with Gasteiger partial charge in [0.1, 0.15) is 12.7 Å². The number of hydrogen-bond acceptors (Lipinski definition) is 5. The summed E-state index contributed by atoms with van der Waals surface area (Å²) in [5, 5.41) is 1.81. The molecule has 3 N–H and O–H groups in total. The molecule has 0 unspecified atom stereocenters. The Kier molecular flexibility index (Phi) is 2.26. The van der Waals surface area contributed by atoms with E-state index in [-0.39, 0.29) is 5.82 Å². The lowest BCUT2D eigenvalue weighted by Crippen LogP contribution is -2.35. The lowest BCUT2D eigenvalue weighted by atomic mass is 10.5. The SMILES string of the molecule is NC(=O)NC(=O)c1ncncn1. The van der Waals surface area contributed by atoms with Gasteiger partial charge in [0, 0.05) is 0 Å². The van der Waals surface area contributed by atoms with Crippen molar-refractivity contribution in [3.63, 3.8) is 0 Å². The molecule has 3 amide bonds. The average molecular weight is 167 g/mol. The molecule has 1 rings (SSSR count). The van der Waals surface area contributed by atoms with Crippen molar-refractivity contribution in [1.82, 2.24) is 20.3 Å². The molecule has 12 heavy (non-hydrogen) atoms. The van der Waals surface area contributed by atoms with Crippen molar-refractivity contribution < 1.29 is 9.59 Å². The fourth-order valence-electron chi connectivity index (χ4n) is 0.524. The van der Waals surface area contributed by atoms with E-state index in [9.17, 15) is 9.59 Å². The molecule has 0 fully saturated rings. The molecule has 0 aliphatic heterocycles. The number of primary amides is 1. The van der Waals surface area contributed by atoms with Crippen molar-refractivity contribution in [2.75, 3.05) is 0 Å². The van der Waals surface area contributed by atoms with Crippen LogP contribution in [-0.2, 0) is 0 Å². The van der Waals surface area contributed by atoms with Gasteiger partial charge in [-0.25, -0.2) is 19.7 Å². The Morgan fingerprint density at radius 2 is 1.92 bits per heavy atom.